The Morgan fingerprint density at radius 2 is 2.11 bits per heavy atom. The van der Waals surface area contributed by atoms with E-state index in [1.54, 1.807) is 12.1 Å². The molecule has 1 saturated carbocycles. The van der Waals surface area contributed by atoms with E-state index in [0.29, 0.717) is 17.6 Å². The Morgan fingerprint density at radius 3 is 2.72 bits per heavy atom. The van der Waals surface area contributed by atoms with Crippen LogP contribution in [0.15, 0.2) is 18.2 Å². The fourth-order valence-electron chi connectivity index (χ4n) is 2.54. The van der Waals surface area contributed by atoms with Gasteiger partial charge in [0.15, 0.2) is 0 Å². The predicted octanol–water partition coefficient (Wildman–Crippen LogP) is 3.62. The fourth-order valence-corrected chi connectivity index (χ4v) is 2.72. The number of non-ortho nitro benzene ring substituents is 1. The highest BCUT2D eigenvalue weighted by molar-refractivity contribution is 6.31. The molecule has 0 unspecified atom stereocenters. The predicted molar refractivity (Wildman–Crippen MR) is 71.8 cm³/mol. The minimum atomic E-state index is -0.380. The van der Waals surface area contributed by atoms with Crippen LogP contribution in [0.1, 0.15) is 31.2 Å². The summed E-state index contributed by atoms with van der Waals surface area (Å²) in [5, 5.41) is 11.4. The molecule has 98 valence electrons. The van der Waals surface area contributed by atoms with E-state index in [4.69, 9.17) is 11.6 Å². The zero-order chi connectivity index (χ0) is 13.1. The van der Waals surface area contributed by atoms with Crippen molar-refractivity contribution >= 4 is 17.3 Å². The van der Waals surface area contributed by atoms with Crippen molar-refractivity contribution in [1.82, 2.24) is 4.90 Å². The Bertz CT molecular complexity index is 445. The second-order valence-corrected chi connectivity index (χ2v) is 5.29. The van der Waals surface area contributed by atoms with Crippen LogP contribution in [0.25, 0.3) is 0 Å². The van der Waals surface area contributed by atoms with E-state index in [9.17, 15) is 10.1 Å². The van der Waals surface area contributed by atoms with Gasteiger partial charge in [0.1, 0.15) is 0 Å². The second-order valence-electron chi connectivity index (χ2n) is 4.89. The second kappa shape index (κ2) is 5.67. The number of benzene rings is 1. The first-order valence-electron chi connectivity index (χ1n) is 6.21. The monoisotopic (exact) mass is 268 g/mol. The van der Waals surface area contributed by atoms with Gasteiger partial charge in [-0.2, -0.15) is 0 Å². The first-order chi connectivity index (χ1) is 8.58. The summed E-state index contributed by atoms with van der Waals surface area (Å²) in [6.07, 6.45) is 4.97. The molecule has 5 heteroatoms. The minimum absolute atomic E-state index is 0.106. The van der Waals surface area contributed by atoms with Crippen molar-refractivity contribution in [2.24, 2.45) is 0 Å². The van der Waals surface area contributed by atoms with Crippen LogP contribution in [0.3, 0.4) is 0 Å². The number of nitrogens with zero attached hydrogens (tertiary/aromatic N) is 2. The van der Waals surface area contributed by atoms with Crippen LogP contribution in [-0.2, 0) is 6.54 Å². The molecule has 4 nitrogen and oxygen atoms in total. The fraction of sp³-hybridized carbons (Fsp3) is 0.538. The quantitative estimate of drug-likeness (QED) is 0.619. The first-order valence-corrected chi connectivity index (χ1v) is 6.59. The van der Waals surface area contributed by atoms with Gasteiger partial charge >= 0.3 is 0 Å². The maximum absolute atomic E-state index is 10.8. The third kappa shape index (κ3) is 3.00. The van der Waals surface area contributed by atoms with Crippen LogP contribution in [-0.4, -0.2) is 22.9 Å². The van der Waals surface area contributed by atoms with Crippen LogP contribution in [0.5, 0.6) is 0 Å². The van der Waals surface area contributed by atoms with Crippen molar-refractivity contribution in [3.05, 3.63) is 38.9 Å². The van der Waals surface area contributed by atoms with Gasteiger partial charge in [-0.05, 0) is 31.5 Å². The third-order valence-corrected chi connectivity index (χ3v) is 3.98. The molecule has 0 bridgehead atoms. The van der Waals surface area contributed by atoms with E-state index >= 15 is 0 Å². The van der Waals surface area contributed by atoms with Crippen LogP contribution < -0.4 is 0 Å². The molecule has 0 saturated heterocycles. The lowest BCUT2D eigenvalue weighted by Gasteiger charge is -2.24. The zero-order valence-corrected chi connectivity index (χ0v) is 11.2. The minimum Gasteiger partial charge on any atom is -0.299 e. The van der Waals surface area contributed by atoms with Crippen molar-refractivity contribution in [1.29, 1.82) is 0 Å². The smallest absolute Gasteiger partial charge is 0.269 e. The number of nitro groups is 1. The highest BCUT2D eigenvalue weighted by Crippen LogP contribution is 2.27. The van der Waals surface area contributed by atoms with Crippen molar-refractivity contribution in [2.75, 3.05) is 7.05 Å². The molecule has 0 amide bonds. The SMILES string of the molecule is CN(Cc1cc([N+](=O)[O-])ccc1Cl)C1CCCC1. The molecule has 1 aliphatic carbocycles. The highest BCUT2D eigenvalue weighted by Gasteiger charge is 2.20. The number of hydrogen-bond donors (Lipinski definition) is 0. The molecular weight excluding hydrogens is 252 g/mol. The topological polar surface area (TPSA) is 46.4 Å². The Morgan fingerprint density at radius 1 is 1.44 bits per heavy atom. The number of halogens is 1. The number of rotatable bonds is 4. The molecule has 1 aliphatic rings. The summed E-state index contributed by atoms with van der Waals surface area (Å²) in [6, 6.07) is 5.22. The normalized spacial score (nSPS) is 16.4. The lowest BCUT2D eigenvalue weighted by Crippen LogP contribution is -2.28. The maximum atomic E-state index is 10.8. The molecule has 1 aromatic carbocycles. The Hall–Kier alpha value is -1.13. The summed E-state index contributed by atoms with van der Waals surface area (Å²) in [4.78, 5) is 12.6. The summed E-state index contributed by atoms with van der Waals surface area (Å²) in [5.41, 5.74) is 0.939. The standard InChI is InChI=1S/C13H17ClN2O2/c1-15(11-4-2-3-5-11)9-10-8-12(16(17)18)6-7-13(10)14/h6-8,11H,2-5,9H2,1H3. The molecule has 1 aromatic rings. The first kappa shape index (κ1) is 13.3. The molecular formula is C13H17ClN2O2. The summed E-state index contributed by atoms with van der Waals surface area (Å²) in [6.45, 7) is 0.672. The van der Waals surface area contributed by atoms with Gasteiger partial charge < -0.3 is 0 Å². The average molecular weight is 269 g/mol. The average Bonchev–Trinajstić information content (AvgIpc) is 2.85. The van der Waals surface area contributed by atoms with Crippen molar-refractivity contribution in [3.63, 3.8) is 0 Å². The van der Waals surface area contributed by atoms with E-state index < -0.39 is 0 Å². The highest BCUT2D eigenvalue weighted by atomic mass is 35.5. The van der Waals surface area contributed by atoms with Crippen LogP contribution in [0.4, 0.5) is 5.69 Å². The third-order valence-electron chi connectivity index (χ3n) is 3.61. The van der Waals surface area contributed by atoms with Gasteiger partial charge in [0.2, 0.25) is 0 Å². The zero-order valence-electron chi connectivity index (χ0n) is 10.4. The lowest BCUT2D eigenvalue weighted by atomic mass is 10.1. The van der Waals surface area contributed by atoms with Gasteiger partial charge in [0.05, 0.1) is 4.92 Å². The van der Waals surface area contributed by atoms with Gasteiger partial charge in [-0.3, -0.25) is 15.0 Å². The number of nitro benzene ring substituents is 1. The lowest BCUT2D eigenvalue weighted by molar-refractivity contribution is -0.384. The summed E-state index contributed by atoms with van der Waals surface area (Å²) in [7, 11) is 2.06. The van der Waals surface area contributed by atoms with Crippen LogP contribution in [0, 0.1) is 10.1 Å². The van der Waals surface area contributed by atoms with Gasteiger partial charge in [-0.15, -0.1) is 0 Å². The van der Waals surface area contributed by atoms with Gasteiger partial charge in [0.25, 0.3) is 5.69 Å². The van der Waals surface area contributed by atoms with E-state index in [2.05, 4.69) is 11.9 Å². The largest absolute Gasteiger partial charge is 0.299 e. The van der Waals surface area contributed by atoms with Gasteiger partial charge in [-0.25, -0.2) is 0 Å². The van der Waals surface area contributed by atoms with E-state index in [0.717, 1.165) is 5.56 Å². The Kier molecular flexibility index (Phi) is 4.19. The van der Waals surface area contributed by atoms with Gasteiger partial charge in [-0.1, -0.05) is 24.4 Å². The van der Waals surface area contributed by atoms with E-state index in [-0.39, 0.29) is 10.6 Å². The molecule has 0 atom stereocenters. The molecule has 0 N–H and O–H groups in total. The molecule has 0 heterocycles. The molecule has 0 radical (unpaired) electrons. The van der Waals surface area contributed by atoms with Crippen molar-refractivity contribution in [3.8, 4) is 0 Å². The molecule has 0 aliphatic heterocycles. The number of hydrogen-bond acceptors (Lipinski definition) is 3. The van der Waals surface area contributed by atoms with Gasteiger partial charge in [0, 0.05) is 29.7 Å². The van der Waals surface area contributed by atoms with Crippen LogP contribution >= 0.6 is 11.6 Å². The molecule has 2 rings (SSSR count). The molecule has 1 fully saturated rings. The van der Waals surface area contributed by atoms with E-state index in [1.807, 2.05) is 0 Å². The van der Waals surface area contributed by atoms with Crippen molar-refractivity contribution < 1.29 is 4.92 Å². The van der Waals surface area contributed by atoms with Crippen molar-refractivity contribution in [2.45, 2.75) is 38.3 Å². The molecule has 0 aromatic heterocycles. The van der Waals surface area contributed by atoms with E-state index in [1.165, 1.54) is 31.7 Å². The molecule has 0 spiro atoms. The summed E-state index contributed by atoms with van der Waals surface area (Å²) in [5.74, 6) is 0. The Labute approximate surface area is 112 Å². The molecule has 18 heavy (non-hydrogen) atoms. The maximum Gasteiger partial charge on any atom is 0.269 e. The summed E-state index contributed by atoms with van der Waals surface area (Å²) < 4.78 is 0. The summed E-state index contributed by atoms with van der Waals surface area (Å²) >= 11 is 6.10. The Balaban J connectivity index is 2.12. The van der Waals surface area contributed by atoms with Crippen LogP contribution in [0.2, 0.25) is 5.02 Å².